The Kier molecular flexibility index (Phi) is 4.54. The molecule has 1 aromatic rings. The van der Waals surface area contributed by atoms with Crippen molar-refractivity contribution < 1.29 is 14.6 Å². The number of aryl methyl sites for hydroxylation is 1. The minimum absolute atomic E-state index is 0.135. The Morgan fingerprint density at radius 2 is 1.88 bits per heavy atom. The van der Waals surface area contributed by atoms with Crippen LogP contribution >= 0.6 is 0 Å². The van der Waals surface area contributed by atoms with Crippen LogP contribution in [-0.4, -0.2) is 24.6 Å². The van der Waals surface area contributed by atoms with Crippen molar-refractivity contribution >= 4 is 0 Å². The highest BCUT2D eigenvalue weighted by atomic mass is 16.7. The molecular formula is C14H20O3. The van der Waals surface area contributed by atoms with Gasteiger partial charge in [0.1, 0.15) is 0 Å². The second-order valence-electron chi connectivity index (χ2n) is 4.53. The van der Waals surface area contributed by atoms with Gasteiger partial charge in [-0.15, -0.1) is 0 Å². The van der Waals surface area contributed by atoms with Gasteiger partial charge in [0.2, 0.25) is 0 Å². The Morgan fingerprint density at radius 1 is 1.24 bits per heavy atom. The van der Waals surface area contributed by atoms with Gasteiger partial charge in [-0.05, 0) is 25.3 Å². The third kappa shape index (κ3) is 3.80. The van der Waals surface area contributed by atoms with E-state index in [-0.39, 0.29) is 6.29 Å². The van der Waals surface area contributed by atoms with Gasteiger partial charge in [0.05, 0.1) is 19.3 Å². The summed E-state index contributed by atoms with van der Waals surface area (Å²) in [5.41, 5.74) is 2.17. The van der Waals surface area contributed by atoms with Gasteiger partial charge in [-0.3, -0.25) is 0 Å². The first kappa shape index (κ1) is 12.6. The predicted octanol–water partition coefficient (Wildman–Crippen LogP) is 2.57. The first-order chi connectivity index (χ1) is 8.25. The Morgan fingerprint density at radius 3 is 2.53 bits per heavy atom. The summed E-state index contributed by atoms with van der Waals surface area (Å²) in [6.45, 7) is 3.58. The molecule has 1 atom stereocenters. The summed E-state index contributed by atoms with van der Waals surface area (Å²) in [5.74, 6) is 0. The largest absolute Gasteiger partial charge is 0.388 e. The third-order valence-electron chi connectivity index (χ3n) is 3.03. The van der Waals surface area contributed by atoms with E-state index in [4.69, 9.17) is 9.47 Å². The number of hydrogen-bond donors (Lipinski definition) is 1. The molecule has 0 amide bonds. The molecular weight excluding hydrogens is 216 g/mol. The fraction of sp³-hybridized carbons (Fsp3) is 0.571. The zero-order valence-electron chi connectivity index (χ0n) is 10.3. The van der Waals surface area contributed by atoms with E-state index in [1.165, 1.54) is 5.56 Å². The van der Waals surface area contributed by atoms with Gasteiger partial charge in [-0.2, -0.15) is 0 Å². The number of ether oxygens (including phenoxy) is 2. The van der Waals surface area contributed by atoms with Crippen molar-refractivity contribution in [3.63, 3.8) is 0 Å². The van der Waals surface area contributed by atoms with Crippen LogP contribution in [-0.2, 0) is 9.47 Å². The molecule has 1 fully saturated rings. The van der Waals surface area contributed by atoms with Crippen LogP contribution in [0.3, 0.4) is 0 Å². The average molecular weight is 236 g/mol. The van der Waals surface area contributed by atoms with Gasteiger partial charge in [0.25, 0.3) is 0 Å². The highest BCUT2D eigenvalue weighted by Gasteiger charge is 2.16. The molecule has 0 aliphatic carbocycles. The van der Waals surface area contributed by atoms with Crippen LogP contribution in [0.5, 0.6) is 0 Å². The van der Waals surface area contributed by atoms with E-state index in [0.29, 0.717) is 6.42 Å². The van der Waals surface area contributed by atoms with Gasteiger partial charge in [-0.25, -0.2) is 0 Å². The standard InChI is InChI=1S/C14H20O3/c1-11-3-5-12(6-4-11)13(15)7-8-14-16-9-2-10-17-14/h3-6,13-15H,2,7-10H2,1H3. The van der Waals surface area contributed by atoms with Crippen molar-refractivity contribution in [2.24, 2.45) is 0 Å². The molecule has 1 aromatic carbocycles. The molecule has 94 valence electrons. The first-order valence-electron chi connectivity index (χ1n) is 6.23. The first-order valence-corrected chi connectivity index (χ1v) is 6.23. The second-order valence-corrected chi connectivity index (χ2v) is 4.53. The maximum atomic E-state index is 10.0. The molecule has 1 saturated heterocycles. The molecule has 0 aromatic heterocycles. The molecule has 1 heterocycles. The summed E-state index contributed by atoms with van der Waals surface area (Å²) < 4.78 is 10.9. The number of aliphatic hydroxyl groups is 1. The number of benzene rings is 1. The summed E-state index contributed by atoms with van der Waals surface area (Å²) >= 11 is 0. The molecule has 2 rings (SSSR count). The fourth-order valence-corrected chi connectivity index (χ4v) is 1.95. The van der Waals surface area contributed by atoms with Crippen LogP contribution in [0.1, 0.15) is 36.5 Å². The lowest BCUT2D eigenvalue weighted by molar-refractivity contribution is -0.183. The van der Waals surface area contributed by atoms with E-state index in [9.17, 15) is 5.11 Å². The van der Waals surface area contributed by atoms with Crippen molar-refractivity contribution in [2.75, 3.05) is 13.2 Å². The summed E-state index contributed by atoms with van der Waals surface area (Å²) in [4.78, 5) is 0. The summed E-state index contributed by atoms with van der Waals surface area (Å²) in [6, 6.07) is 7.99. The quantitative estimate of drug-likeness (QED) is 0.873. The van der Waals surface area contributed by atoms with Crippen LogP contribution in [0.4, 0.5) is 0 Å². The van der Waals surface area contributed by atoms with Crippen LogP contribution in [0.15, 0.2) is 24.3 Å². The van der Waals surface area contributed by atoms with Crippen LogP contribution in [0.25, 0.3) is 0 Å². The molecule has 0 saturated carbocycles. The van der Waals surface area contributed by atoms with E-state index < -0.39 is 6.10 Å². The zero-order valence-corrected chi connectivity index (χ0v) is 10.3. The molecule has 0 spiro atoms. The van der Waals surface area contributed by atoms with Gasteiger partial charge < -0.3 is 14.6 Å². The van der Waals surface area contributed by atoms with Crippen molar-refractivity contribution in [1.29, 1.82) is 0 Å². The van der Waals surface area contributed by atoms with Crippen molar-refractivity contribution in [2.45, 2.75) is 38.6 Å². The minimum Gasteiger partial charge on any atom is -0.388 e. The Balaban J connectivity index is 1.80. The van der Waals surface area contributed by atoms with Gasteiger partial charge in [-0.1, -0.05) is 29.8 Å². The average Bonchev–Trinajstić information content (AvgIpc) is 2.38. The second kappa shape index (κ2) is 6.15. The minimum atomic E-state index is -0.426. The Labute approximate surface area is 102 Å². The van der Waals surface area contributed by atoms with Crippen LogP contribution < -0.4 is 0 Å². The van der Waals surface area contributed by atoms with E-state index in [1.54, 1.807) is 0 Å². The number of rotatable bonds is 4. The lowest BCUT2D eigenvalue weighted by Crippen LogP contribution is -2.25. The predicted molar refractivity (Wildman–Crippen MR) is 65.7 cm³/mol. The molecule has 17 heavy (non-hydrogen) atoms. The summed E-state index contributed by atoms with van der Waals surface area (Å²) in [5, 5.41) is 10.0. The number of hydrogen-bond acceptors (Lipinski definition) is 3. The van der Waals surface area contributed by atoms with Crippen molar-refractivity contribution in [3.05, 3.63) is 35.4 Å². The van der Waals surface area contributed by atoms with E-state index in [0.717, 1.165) is 31.6 Å². The van der Waals surface area contributed by atoms with Gasteiger partial charge >= 0.3 is 0 Å². The van der Waals surface area contributed by atoms with E-state index >= 15 is 0 Å². The topological polar surface area (TPSA) is 38.7 Å². The molecule has 1 aliphatic heterocycles. The van der Waals surface area contributed by atoms with E-state index in [1.807, 2.05) is 31.2 Å². The monoisotopic (exact) mass is 236 g/mol. The smallest absolute Gasteiger partial charge is 0.157 e. The molecule has 3 heteroatoms. The molecule has 0 radical (unpaired) electrons. The van der Waals surface area contributed by atoms with Crippen LogP contribution in [0.2, 0.25) is 0 Å². The zero-order chi connectivity index (χ0) is 12.1. The third-order valence-corrected chi connectivity index (χ3v) is 3.03. The Bertz CT molecular complexity index is 328. The molecule has 1 unspecified atom stereocenters. The highest BCUT2D eigenvalue weighted by molar-refractivity contribution is 5.22. The maximum absolute atomic E-state index is 10.0. The fourth-order valence-electron chi connectivity index (χ4n) is 1.95. The lowest BCUT2D eigenvalue weighted by Gasteiger charge is -2.24. The number of aliphatic hydroxyl groups excluding tert-OH is 1. The SMILES string of the molecule is Cc1ccc(C(O)CCC2OCCCO2)cc1. The van der Waals surface area contributed by atoms with Gasteiger partial charge in [0, 0.05) is 6.42 Å². The van der Waals surface area contributed by atoms with Gasteiger partial charge in [0.15, 0.2) is 6.29 Å². The molecule has 0 bridgehead atoms. The normalized spacial score (nSPS) is 19.2. The molecule has 3 nitrogen and oxygen atoms in total. The maximum Gasteiger partial charge on any atom is 0.157 e. The summed E-state index contributed by atoms with van der Waals surface area (Å²) in [6.07, 6.45) is 1.83. The molecule has 1 N–H and O–H groups in total. The van der Waals surface area contributed by atoms with E-state index in [2.05, 4.69) is 0 Å². The highest BCUT2D eigenvalue weighted by Crippen LogP contribution is 2.21. The Hall–Kier alpha value is -0.900. The van der Waals surface area contributed by atoms with Crippen molar-refractivity contribution in [3.8, 4) is 0 Å². The molecule has 1 aliphatic rings. The van der Waals surface area contributed by atoms with Crippen LogP contribution in [0, 0.1) is 6.92 Å². The lowest BCUT2D eigenvalue weighted by atomic mass is 10.0. The summed E-state index contributed by atoms with van der Waals surface area (Å²) in [7, 11) is 0. The van der Waals surface area contributed by atoms with Crippen molar-refractivity contribution in [1.82, 2.24) is 0 Å².